The average Bonchev–Trinajstić information content (AvgIpc) is 3.24. The third kappa shape index (κ3) is 8.40. The Morgan fingerprint density at radius 1 is 1.02 bits per heavy atom. The highest BCUT2D eigenvalue weighted by atomic mass is 19.4. The fourth-order valence-corrected chi connectivity index (χ4v) is 5.96. The molecule has 0 radical (unpaired) electrons. The molecule has 1 saturated carbocycles. The number of hydrogen-bond acceptors (Lipinski definition) is 6. The van der Waals surface area contributed by atoms with Crippen molar-refractivity contribution in [2.75, 3.05) is 18.6 Å². The van der Waals surface area contributed by atoms with Gasteiger partial charge in [0.1, 0.15) is 17.7 Å². The lowest BCUT2D eigenvalue weighted by Gasteiger charge is -2.31. The molecule has 252 valence electrons. The van der Waals surface area contributed by atoms with E-state index in [1.54, 1.807) is 6.92 Å². The molecule has 46 heavy (non-hydrogen) atoms. The average molecular weight is 663 g/mol. The molecule has 2 atom stereocenters. The first-order chi connectivity index (χ1) is 21.5. The number of anilines is 1. The molecule has 2 amide bonds. The zero-order valence-electron chi connectivity index (χ0n) is 25.2. The highest BCUT2D eigenvalue weighted by molar-refractivity contribution is 5.95. The molecule has 8 nitrogen and oxygen atoms in total. The van der Waals surface area contributed by atoms with E-state index in [4.69, 9.17) is 9.47 Å². The molecule has 0 unspecified atom stereocenters. The van der Waals surface area contributed by atoms with Crippen molar-refractivity contribution in [3.8, 4) is 5.75 Å². The second kappa shape index (κ2) is 13.8. The number of amides is 2. The van der Waals surface area contributed by atoms with Crippen LogP contribution in [0.4, 0.5) is 41.2 Å². The number of esters is 1. The summed E-state index contributed by atoms with van der Waals surface area (Å²) in [6, 6.07) is 4.08. The summed E-state index contributed by atoms with van der Waals surface area (Å²) in [5.74, 6) is -2.82. The minimum atomic E-state index is -5.04. The molecule has 1 saturated heterocycles. The number of carbonyl (C=O) groups is 3. The third-order valence-electron chi connectivity index (χ3n) is 8.24. The fraction of sp³-hybridized carbons (Fsp3) is 0.516. The van der Waals surface area contributed by atoms with Gasteiger partial charge >= 0.3 is 24.6 Å². The minimum Gasteiger partial charge on any atom is -0.466 e. The SMILES string of the molecule is CCOC(=O)C[C@H]1CC[C@H](C(=O)N(C)c2ccc(OC(F)(F)F)cc2CN2C(=O)O[C@H](c3cc(F)cc(C(F)(F)F)c3)[C@@H]2C)CC1. The van der Waals surface area contributed by atoms with Gasteiger partial charge < -0.3 is 19.1 Å². The van der Waals surface area contributed by atoms with E-state index in [9.17, 15) is 45.1 Å². The van der Waals surface area contributed by atoms with Crippen molar-refractivity contribution >= 4 is 23.7 Å². The zero-order valence-corrected chi connectivity index (χ0v) is 25.2. The standard InChI is InChI=1S/C31H33F7N2O6/c1-4-44-26(41)11-18-5-7-19(8-6-18)28(42)39(3)25-10-9-24(46-31(36,37)38)14-21(25)16-40-17(2)27(45-29(40)43)20-12-22(30(33,34)35)15-23(32)13-20/h9-10,12-15,17-19,27H,4-8,11,16H2,1-3H3/t17-,18-,19-,27-/m0/s1. The summed E-state index contributed by atoms with van der Waals surface area (Å²) in [6.07, 6.45) is -9.84. The molecule has 2 aromatic carbocycles. The molecule has 1 heterocycles. The molecule has 2 aliphatic rings. The van der Waals surface area contributed by atoms with Gasteiger partial charge in [0.15, 0.2) is 0 Å². The summed E-state index contributed by atoms with van der Waals surface area (Å²) in [7, 11) is 1.44. The van der Waals surface area contributed by atoms with Gasteiger partial charge in [0.2, 0.25) is 5.91 Å². The first-order valence-corrected chi connectivity index (χ1v) is 14.6. The van der Waals surface area contributed by atoms with E-state index < -0.39 is 60.4 Å². The Morgan fingerprint density at radius 3 is 2.30 bits per heavy atom. The first kappa shape index (κ1) is 34.8. The van der Waals surface area contributed by atoms with Gasteiger partial charge in [0.05, 0.1) is 24.8 Å². The first-order valence-electron chi connectivity index (χ1n) is 14.6. The molecule has 0 N–H and O–H groups in total. The number of benzene rings is 2. The van der Waals surface area contributed by atoms with Crippen LogP contribution in [0.5, 0.6) is 5.75 Å². The number of hydrogen-bond donors (Lipinski definition) is 0. The van der Waals surface area contributed by atoms with Crippen LogP contribution in [0.15, 0.2) is 36.4 Å². The van der Waals surface area contributed by atoms with Crippen LogP contribution in [0.3, 0.4) is 0 Å². The Bertz CT molecular complexity index is 1440. The van der Waals surface area contributed by atoms with Crippen molar-refractivity contribution < 1.29 is 59.3 Å². The summed E-state index contributed by atoms with van der Waals surface area (Å²) in [5, 5.41) is 0. The van der Waals surface area contributed by atoms with Gasteiger partial charge in [-0.1, -0.05) is 0 Å². The van der Waals surface area contributed by atoms with E-state index in [1.165, 1.54) is 24.9 Å². The molecule has 0 aromatic heterocycles. The fourth-order valence-electron chi connectivity index (χ4n) is 5.96. The summed E-state index contributed by atoms with van der Waals surface area (Å²) < 4.78 is 108. The Balaban J connectivity index is 1.57. The molecule has 15 heteroatoms. The summed E-state index contributed by atoms with van der Waals surface area (Å²) >= 11 is 0. The summed E-state index contributed by atoms with van der Waals surface area (Å²) in [4.78, 5) is 40.7. The van der Waals surface area contributed by atoms with E-state index in [0.29, 0.717) is 37.8 Å². The normalized spacial score (nSPS) is 22.0. The summed E-state index contributed by atoms with van der Waals surface area (Å²) in [5.41, 5.74) is -1.30. The van der Waals surface area contributed by atoms with Crippen LogP contribution in [0, 0.1) is 17.7 Å². The van der Waals surface area contributed by atoms with Crippen LogP contribution in [-0.2, 0) is 31.8 Å². The predicted molar refractivity (Wildman–Crippen MR) is 149 cm³/mol. The monoisotopic (exact) mass is 662 g/mol. The summed E-state index contributed by atoms with van der Waals surface area (Å²) in [6.45, 7) is 3.01. The van der Waals surface area contributed by atoms with Gasteiger partial charge in [-0.05, 0) is 93.0 Å². The smallest absolute Gasteiger partial charge is 0.466 e. The van der Waals surface area contributed by atoms with Crippen LogP contribution in [0.1, 0.15) is 68.7 Å². The van der Waals surface area contributed by atoms with Crippen molar-refractivity contribution in [1.82, 2.24) is 4.90 Å². The number of rotatable bonds is 9. The highest BCUT2D eigenvalue weighted by Crippen LogP contribution is 2.40. The molecule has 0 spiro atoms. The Labute approximate surface area is 260 Å². The van der Waals surface area contributed by atoms with E-state index >= 15 is 0 Å². The number of alkyl halides is 6. The number of nitrogens with zero attached hydrogens (tertiary/aromatic N) is 2. The molecular formula is C31H33F7N2O6. The van der Waals surface area contributed by atoms with Crippen molar-refractivity contribution in [3.05, 3.63) is 58.9 Å². The van der Waals surface area contributed by atoms with Gasteiger partial charge in [-0.25, -0.2) is 9.18 Å². The second-order valence-corrected chi connectivity index (χ2v) is 11.4. The maximum Gasteiger partial charge on any atom is 0.573 e. The van der Waals surface area contributed by atoms with Crippen molar-refractivity contribution in [2.24, 2.45) is 11.8 Å². The van der Waals surface area contributed by atoms with Crippen LogP contribution < -0.4 is 9.64 Å². The Hall–Kier alpha value is -4.04. The maximum atomic E-state index is 14.1. The van der Waals surface area contributed by atoms with E-state index in [0.717, 1.165) is 23.1 Å². The molecule has 2 aromatic rings. The predicted octanol–water partition coefficient (Wildman–Crippen LogP) is 7.55. The molecule has 1 aliphatic heterocycles. The van der Waals surface area contributed by atoms with Crippen LogP contribution in [0.25, 0.3) is 0 Å². The molecule has 0 bridgehead atoms. The van der Waals surface area contributed by atoms with E-state index in [-0.39, 0.29) is 47.6 Å². The van der Waals surface area contributed by atoms with E-state index in [1.807, 2.05) is 0 Å². The third-order valence-corrected chi connectivity index (χ3v) is 8.24. The van der Waals surface area contributed by atoms with Gasteiger partial charge in [-0.2, -0.15) is 13.2 Å². The van der Waals surface area contributed by atoms with Gasteiger partial charge in [-0.3, -0.25) is 14.5 Å². The quantitative estimate of drug-likeness (QED) is 0.204. The van der Waals surface area contributed by atoms with Gasteiger partial charge in [-0.15, -0.1) is 13.2 Å². The number of halogens is 7. The van der Waals surface area contributed by atoms with E-state index in [2.05, 4.69) is 4.74 Å². The Morgan fingerprint density at radius 2 is 1.70 bits per heavy atom. The molecule has 1 aliphatic carbocycles. The molecule has 4 rings (SSSR count). The zero-order chi connectivity index (χ0) is 34.0. The minimum absolute atomic E-state index is 0.0590. The number of cyclic esters (lactones) is 1. The molecular weight excluding hydrogens is 629 g/mol. The Kier molecular flexibility index (Phi) is 10.4. The topological polar surface area (TPSA) is 85.4 Å². The van der Waals surface area contributed by atoms with Crippen molar-refractivity contribution in [2.45, 2.75) is 77.2 Å². The largest absolute Gasteiger partial charge is 0.573 e. The highest BCUT2D eigenvalue weighted by Gasteiger charge is 2.42. The van der Waals surface area contributed by atoms with Crippen LogP contribution >= 0.6 is 0 Å². The lowest BCUT2D eigenvalue weighted by Crippen LogP contribution is -2.37. The lowest BCUT2D eigenvalue weighted by atomic mass is 9.80. The van der Waals surface area contributed by atoms with Crippen molar-refractivity contribution in [3.63, 3.8) is 0 Å². The maximum absolute atomic E-state index is 14.1. The lowest BCUT2D eigenvalue weighted by molar-refractivity contribution is -0.274. The van der Waals surface area contributed by atoms with Gasteiger partial charge in [0, 0.05) is 25.1 Å². The van der Waals surface area contributed by atoms with Crippen molar-refractivity contribution in [1.29, 1.82) is 0 Å². The van der Waals surface area contributed by atoms with Crippen LogP contribution in [0.2, 0.25) is 0 Å². The van der Waals surface area contributed by atoms with Crippen LogP contribution in [-0.4, -0.2) is 48.9 Å². The molecule has 2 fully saturated rings. The second-order valence-electron chi connectivity index (χ2n) is 11.4. The number of carbonyl (C=O) groups excluding carboxylic acids is 3. The van der Waals surface area contributed by atoms with Gasteiger partial charge in [0.25, 0.3) is 0 Å². The number of ether oxygens (including phenoxy) is 3.